The van der Waals surface area contributed by atoms with E-state index < -0.39 is 10.0 Å². The first-order valence-corrected chi connectivity index (χ1v) is 8.26. The summed E-state index contributed by atoms with van der Waals surface area (Å²) in [4.78, 5) is 0.111. The van der Waals surface area contributed by atoms with E-state index in [-0.39, 0.29) is 17.1 Å². The summed E-state index contributed by atoms with van der Waals surface area (Å²) in [5.74, 6) is 0. The van der Waals surface area contributed by atoms with Crippen molar-refractivity contribution in [2.75, 3.05) is 5.73 Å². The lowest BCUT2D eigenvalue weighted by atomic mass is 10.1. The van der Waals surface area contributed by atoms with Crippen molar-refractivity contribution in [2.45, 2.75) is 25.3 Å². The fourth-order valence-corrected chi connectivity index (χ4v) is 3.24. The Balaban J connectivity index is 2.22. The lowest BCUT2D eigenvalue weighted by molar-refractivity contribution is 0.581. The molecule has 0 aliphatic heterocycles. The van der Waals surface area contributed by atoms with E-state index in [1.54, 1.807) is 36.4 Å². The van der Waals surface area contributed by atoms with Crippen LogP contribution in [-0.4, -0.2) is 8.42 Å². The average Bonchev–Trinajstić information content (AvgIpc) is 2.42. The smallest absolute Gasteiger partial charge is 0.242 e. The van der Waals surface area contributed by atoms with Gasteiger partial charge in [-0.25, -0.2) is 13.1 Å². The third-order valence-corrected chi connectivity index (χ3v) is 5.00. The Morgan fingerprint density at radius 3 is 2.29 bits per heavy atom. The zero-order valence-corrected chi connectivity index (χ0v) is 13.4. The number of hydrogen-bond acceptors (Lipinski definition) is 3. The Morgan fingerprint density at radius 2 is 1.67 bits per heavy atom. The van der Waals surface area contributed by atoms with Crippen LogP contribution in [0.4, 0.5) is 5.69 Å². The molecular formula is C15H17ClN2O2S. The van der Waals surface area contributed by atoms with Gasteiger partial charge in [0.2, 0.25) is 10.0 Å². The molecule has 0 aliphatic carbocycles. The molecule has 2 aromatic rings. The lowest BCUT2D eigenvalue weighted by Crippen LogP contribution is -2.24. The Kier molecular flexibility index (Phi) is 4.56. The third kappa shape index (κ3) is 3.75. The summed E-state index contributed by atoms with van der Waals surface area (Å²) in [6.45, 7) is 3.93. The number of rotatable bonds is 4. The molecule has 0 radical (unpaired) electrons. The van der Waals surface area contributed by atoms with Crippen molar-refractivity contribution >= 4 is 27.3 Å². The number of benzene rings is 2. The highest BCUT2D eigenvalue weighted by atomic mass is 35.5. The van der Waals surface area contributed by atoms with Crippen LogP contribution in [0, 0.1) is 13.8 Å². The fraction of sp³-hybridized carbons (Fsp3) is 0.200. The number of nitrogen functional groups attached to an aromatic ring is 1. The van der Waals surface area contributed by atoms with Crippen LogP contribution in [0.3, 0.4) is 0 Å². The SMILES string of the molecule is Cc1cc(N)c(S(=O)(=O)NCc2ccc(Cl)cc2)cc1C. The van der Waals surface area contributed by atoms with Crippen molar-refractivity contribution in [1.29, 1.82) is 0 Å². The van der Waals surface area contributed by atoms with Crippen LogP contribution in [0.1, 0.15) is 16.7 Å². The standard InChI is InChI=1S/C15H17ClN2O2S/c1-10-7-14(17)15(8-11(10)2)21(19,20)18-9-12-3-5-13(16)6-4-12/h3-8,18H,9,17H2,1-2H3. The van der Waals surface area contributed by atoms with E-state index in [2.05, 4.69) is 4.72 Å². The molecule has 0 amide bonds. The first kappa shape index (κ1) is 15.8. The van der Waals surface area contributed by atoms with Crippen LogP contribution < -0.4 is 10.5 Å². The molecule has 0 aromatic heterocycles. The van der Waals surface area contributed by atoms with Gasteiger partial charge in [0.05, 0.1) is 5.69 Å². The van der Waals surface area contributed by atoms with Crippen molar-refractivity contribution in [2.24, 2.45) is 0 Å². The molecule has 0 saturated carbocycles. The second-order valence-electron chi connectivity index (χ2n) is 4.93. The van der Waals surface area contributed by atoms with Crippen LogP contribution in [-0.2, 0) is 16.6 Å². The summed E-state index contributed by atoms with van der Waals surface area (Å²) in [5.41, 5.74) is 8.75. The highest BCUT2D eigenvalue weighted by molar-refractivity contribution is 7.89. The Bertz CT molecular complexity index is 756. The van der Waals surface area contributed by atoms with E-state index in [1.165, 1.54) is 0 Å². The molecular weight excluding hydrogens is 308 g/mol. The van der Waals surface area contributed by atoms with Gasteiger partial charge in [-0.05, 0) is 54.8 Å². The summed E-state index contributed by atoms with van der Waals surface area (Å²) in [6.07, 6.45) is 0. The van der Waals surface area contributed by atoms with Crippen LogP contribution in [0.5, 0.6) is 0 Å². The molecule has 4 nitrogen and oxygen atoms in total. The fourth-order valence-electron chi connectivity index (χ4n) is 1.90. The van der Waals surface area contributed by atoms with Crippen LogP contribution in [0.2, 0.25) is 5.02 Å². The number of nitrogens with two attached hydrogens (primary N) is 1. The number of halogens is 1. The molecule has 0 unspecified atom stereocenters. The Hall–Kier alpha value is -1.56. The second-order valence-corrected chi connectivity index (χ2v) is 7.10. The number of aryl methyl sites for hydroxylation is 2. The summed E-state index contributed by atoms with van der Waals surface area (Å²) < 4.78 is 27.2. The zero-order valence-electron chi connectivity index (χ0n) is 11.9. The van der Waals surface area contributed by atoms with E-state index in [4.69, 9.17) is 17.3 Å². The highest BCUT2D eigenvalue weighted by Gasteiger charge is 2.18. The average molecular weight is 325 g/mol. The van der Waals surface area contributed by atoms with E-state index in [9.17, 15) is 8.42 Å². The summed E-state index contributed by atoms with van der Waals surface area (Å²) in [5, 5.41) is 0.611. The van der Waals surface area contributed by atoms with Crippen LogP contribution in [0.25, 0.3) is 0 Å². The molecule has 0 atom stereocenters. The van der Waals surface area contributed by atoms with Gasteiger partial charge in [-0.1, -0.05) is 23.7 Å². The van der Waals surface area contributed by atoms with Crippen molar-refractivity contribution in [3.8, 4) is 0 Å². The maximum atomic E-state index is 12.3. The van der Waals surface area contributed by atoms with Gasteiger partial charge in [-0.15, -0.1) is 0 Å². The topological polar surface area (TPSA) is 72.2 Å². The molecule has 0 bridgehead atoms. The highest BCUT2D eigenvalue weighted by Crippen LogP contribution is 2.22. The minimum Gasteiger partial charge on any atom is -0.398 e. The van der Waals surface area contributed by atoms with Crippen molar-refractivity contribution in [3.05, 3.63) is 58.1 Å². The van der Waals surface area contributed by atoms with Gasteiger partial charge in [-0.2, -0.15) is 0 Å². The first-order valence-electron chi connectivity index (χ1n) is 6.40. The molecule has 112 valence electrons. The van der Waals surface area contributed by atoms with E-state index >= 15 is 0 Å². The normalized spacial score (nSPS) is 11.6. The molecule has 0 spiro atoms. The van der Waals surface area contributed by atoms with E-state index in [0.717, 1.165) is 16.7 Å². The molecule has 0 heterocycles. The van der Waals surface area contributed by atoms with Gasteiger partial charge in [0.15, 0.2) is 0 Å². The Morgan fingerprint density at radius 1 is 1.10 bits per heavy atom. The maximum Gasteiger partial charge on any atom is 0.242 e. The summed E-state index contributed by atoms with van der Waals surface area (Å²) in [6, 6.07) is 10.2. The maximum absolute atomic E-state index is 12.3. The van der Waals surface area contributed by atoms with Crippen molar-refractivity contribution in [1.82, 2.24) is 4.72 Å². The molecule has 21 heavy (non-hydrogen) atoms. The first-order chi connectivity index (χ1) is 9.79. The van der Waals surface area contributed by atoms with Gasteiger partial charge >= 0.3 is 0 Å². The molecule has 0 saturated heterocycles. The number of sulfonamides is 1. The molecule has 2 rings (SSSR count). The zero-order chi connectivity index (χ0) is 15.6. The number of hydrogen-bond donors (Lipinski definition) is 2. The molecule has 0 fully saturated rings. The largest absolute Gasteiger partial charge is 0.398 e. The number of nitrogens with one attached hydrogen (secondary N) is 1. The van der Waals surface area contributed by atoms with Crippen LogP contribution in [0.15, 0.2) is 41.3 Å². The molecule has 2 aromatic carbocycles. The lowest BCUT2D eigenvalue weighted by Gasteiger charge is -2.11. The quantitative estimate of drug-likeness (QED) is 0.849. The van der Waals surface area contributed by atoms with Gasteiger partial charge < -0.3 is 5.73 Å². The van der Waals surface area contributed by atoms with Gasteiger partial charge in [-0.3, -0.25) is 0 Å². The van der Waals surface area contributed by atoms with Crippen molar-refractivity contribution < 1.29 is 8.42 Å². The monoisotopic (exact) mass is 324 g/mol. The summed E-state index contributed by atoms with van der Waals surface area (Å²) >= 11 is 5.80. The predicted molar refractivity (Wildman–Crippen MR) is 85.8 cm³/mol. The number of anilines is 1. The van der Waals surface area contributed by atoms with Crippen LogP contribution >= 0.6 is 11.6 Å². The minimum atomic E-state index is -3.65. The van der Waals surface area contributed by atoms with Crippen molar-refractivity contribution in [3.63, 3.8) is 0 Å². The second kappa shape index (κ2) is 6.05. The van der Waals surface area contributed by atoms with Gasteiger partial charge in [0, 0.05) is 11.6 Å². The molecule has 6 heteroatoms. The third-order valence-electron chi connectivity index (χ3n) is 3.30. The summed E-state index contributed by atoms with van der Waals surface area (Å²) in [7, 11) is -3.65. The molecule has 3 N–H and O–H groups in total. The Labute approximate surface area is 130 Å². The van der Waals surface area contributed by atoms with E-state index in [1.807, 2.05) is 13.8 Å². The van der Waals surface area contributed by atoms with E-state index in [0.29, 0.717) is 5.02 Å². The molecule has 0 aliphatic rings. The minimum absolute atomic E-state index is 0.111. The van der Waals surface area contributed by atoms with Gasteiger partial charge in [0.1, 0.15) is 4.90 Å². The van der Waals surface area contributed by atoms with Gasteiger partial charge in [0.25, 0.3) is 0 Å². The predicted octanol–water partition coefficient (Wildman–Crippen LogP) is 3.02.